The largest absolute Gasteiger partial charge is 0.373 e. The maximum atomic E-state index is 13.1. The van der Waals surface area contributed by atoms with Gasteiger partial charge in [-0.25, -0.2) is 8.42 Å². The summed E-state index contributed by atoms with van der Waals surface area (Å²) < 4.78 is 29.3. The molecular formula is C16H22N4O2S. The molecule has 0 amide bonds. The molecule has 1 aromatic heterocycles. The Morgan fingerprint density at radius 3 is 2.65 bits per heavy atom. The Hall–Kier alpha value is -1.86. The van der Waals surface area contributed by atoms with E-state index < -0.39 is 10.0 Å². The zero-order valence-electron chi connectivity index (χ0n) is 13.7. The molecule has 124 valence electrons. The fourth-order valence-electron chi connectivity index (χ4n) is 3.10. The van der Waals surface area contributed by atoms with Crippen molar-refractivity contribution in [3.63, 3.8) is 0 Å². The summed E-state index contributed by atoms with van der Waals surface area (Å²) in [6, 6.07) is 7.91. The van der Waals surface area contributed by atoms with Crippen LogP contribution < -0.4 is 4.90 Å². The third-order valence-electron chi connectivity index (χ3n) is 4.38. The standard InChI is InChI=1S/C16H22N4O2S/c1-4-14-11-18(2)16-8-6-5-7-13(16)10-20(14)23(21,22)15-9-17-19(3)12-15/h5-9,12,14H,4,10-11H2,1-3H3/t14-/m1/s1. The Morgan fingerprint density at radius 1 is 1.26 bits per heavy atom. The average Bonchev–Trinajstić information content (AvgIpc) is 2.91. The minimum absolute atomic E-state index is 0.0717. The van der Waals surface area contributed by atoms with Gasteiger partial charge in [-0.3, -0.25) is 4.68 Å². The molecule has 6 nitrogen and oxygen atoms in total. The van der Waals surface area contributed by atoms with Gasteiger partial charge in [0.15, 0.2) is 0 Å². The number of sulfonamides is 1. The molecule has 0 fully saturated rings. The van der Waals surface area contributed by atoms with Gasteiger partial charge in [-0.05, 0) is 18.1 Å². The van der Waals surface area contributed by atoms with E-state index in [0.29, 0.717) is 13.1 Å². The Morgan fingerprint density at radius 2 is 2.00 bits per heavy atom. The highest BCUT2D eigenvalue weighted by atomic mass is 32.2. The number of anilines is 1. The first kappa shape index (κ1) is 16.0. The van der Waals surface area contributed by atoms with Crippen LogP contribution in [0.2, 0.25) is 0 Å². The summed E-state index contributed by atoms with van der Waals surface area (Å²) in [5.74, 6) is 0. The highest BCUT2D eigenvalue weighted by Gasteiger charge is 2.35. The van der Waals surface area contributed by atoms with Crippen molar-refractivity contribution in [1.29, 1.82) is 0 Å². The van der Waals surface area contributed by atoms with Crippen molar-refractivity contribution in [2.45, 2.75) is 30.8 Å². The first-order valence-corrected chi connectivity index (χ1v) is 9.17. The Labute approximate surface area is 137 Å². The second-order valence-corrected chi connectivity index (χ2v) is 7.86. The summed E-state index contributed by atoms with van der Waals surface area (Å²) in [7, 11) is 0.171. The molecule has 0 unspecified atom stereocenters. The Balaban J connectivity index is 2.06. The molecule has 0 radical (unpaired) electrons. The molecule has 0 N–H and O–H groups in total. The summed E-state index contributed by atoms with van der Waals surface area (Å²) in [5.41, 5.74) is 2.12. The van der Waals surface area contributed by atoms with Crippen molar-refractivity contribution in [2.75, 3.05) is 18.5 Å². The highest BCUT2D eigenvalue weighted by molar-refractivity contribution is 7.89. The Kier molecular flexibility index (Phi) is 4.16. The van der Waals surface area contributed by atoms with Crippen LogP contribution in [0, 0.1) is 0 Å². The predicted octanol–water partition coefficient (Wildman–Crippen LogP) is 1.84. The molecule has 2 aromatic rings. The maximum Gasteiger partial charge on any atom is 0.246 e. The lowest BCUT2D eigenvalue weighted by atomic mass is 10.1. The van der Waals surface area contributed by atoms with Gasteiger partial charge in [0.2, 0.25) is 10.0 Å². The van der Waals surface area contributed by atoms with E-state index in [2.05, 4.69) is 10.00 Å². The van der Waals surface area contributed by atoms with Crippen LogP contribution in [0.1, 0.15) is 18.9 Å². The zero-order valence-corrected chi connectivity index (χ0v) is 14.5. The molecule has 1 aliphatic heterocycles. The first-order valence-electron chi connectivity index (χ1n) is 7.73. The van der Waals surface area contributed by atoms with Crippen molar-refractivity contribution >= 4 is 15.7 Å². The van der Waals surface area contributed by atoms with E-state index in [-0.39, 0.29) is 10.9 Å². The van der Waals surface area contributed by atoms with Crippen LogP contribution >= 0.6 is 0 Å². The molecule has 2 heterocycles. The molecule has 1 aliphatic rings. The Bertz CT molecular complexity index is 800. The lowest BCUT2D eigenvalue weighted by molar-refractivity contribution is 0.315. The summed E-state index contributed by atoms with van der Waals surface area (Å²) in [4.78, 5) is 2.39. The van der Waals surface area contributed by atoms with Gasteiger partial charge in [0.1, 0.15) is 4.90 Å². The summed E-state index contributed by atoms with van der Waals surface area (Å²) in [5, 5.41) is 4.01. The van der Waals surface area contributed by atoms with E-state index in [0.717, 1.165) is 17.7 Å². The number of nitrogens with zero attached hydrogens (tertiary/aromatic N) is 4. The molecule has 23 heavy (non-hydrogen) atoms. The van der Waals surface area contributed by atoms with Gasteiger partial charge in [0.25, 0.3) is 0 Å². The van der Waals surface area contributed by atoms with Gasteiger partial charge in [0, 0.05) is 45.1 Å². The van der Waals surface area contributed by atoms with E-state index in [1.165, 1.54) is 10.9 Å². The van der Waals surface area contributed by atoms with E-state index in [9.17, 15) is 8.42 Å². The van der Waals surface area contributed by atoms with Crippen LogP contribution in [0.3, 0.4) is 0 Å². The molecule has 0 spiro atoms. The third kappa shape index (κ3) is 2.86. The van der Waals surface area contributed by atoms with Gasteiger partial charge in [-0.2, -0.15) is 9.40 Å². The van der Waals surface area contributed by atoms with E-state index >= 15 is 0 Å². The van der Waals surface area contributed by atoms with Gasteiger partial charge in [-0.15, -0.1) is 0 Å². The average molecular weight is 334 g/mol. The van der Waals surface area contributed by atoms with Crippen LogP contribution in [0.5, 0.6) is 0 Å². The van der Waals surface area contributed by atoms with Crippen LogP contribution in [-0.4, -0.2) is 42.1 Å². The number of hydrogen-bond acceptors (Lipinski definition) is 4. The van der Waals surface area contributed by atoms with Crippen LogP contribution in [0.15, 0.2) is 41.6 Å². The number of likely N-dealkylation sites (N-methyl/N-ethyl adjacent to an activating group) is 1. The second kappa shape index (κ2) is 5.98. The number of fused-ring (bicyclic) bond motifs is 1. The minimum Gasteiger partial charge on any atom is -0.373 e. The number of aryl methyl sites for hydroxylation is 1. The SMILES string of the molecule is CC[C@@H]1CN(C)c2ccccc2CN1S(=O)(=O)c1cnn(C)c1. The molecule has 0 aliphatic carbocycles. The third-order valence-corrected chi connectivity index (χ3v) is 6.23. The van der Waals surface area contributed by atoms with Crippen molar-refractivity contribution in [2.24, 2.45) is 7.05 Å². The predicted molar refractivity (Wildman–Crippen MR) is 89.7 cm³/mol. The first-order chi connectivity index (χ1) is 10.9. The van der Waals surface area contributed by atoms with Gasteiger partial charge >= 0.3 is 0 Å². The fraction of sp³-hybridized carbons (Fsp3) is 0.438. The number of aromatic nitrogens is 2. The van der Waals surface area contributed by atoms with Gasteiger partial charge in [0.05, 0.1) is 6.20 Å². The summed E-state index contributed by atoms with van der Waals surface area (Å²) >= 11 is 0. The zero-order chi connectivity index (χ0) is 16.6. The minimum atomic E-state index is -3.57. The molecule has 1 aromatic carbocycles. The second-order valence-electron chi connectivity index (χ2n) is 5.97. The van der Waals surface area contributed by atoms with Crippen molar-refractivity contribution in [3.05, 3.63) is 42.2 Å². The van der Waals surface area contributed by atoms with Crippen LogP contribution in [-0.2, 0) is 23.6 Å². The van der Waals surface area contributed by atoms with Crippen molar-refractivity contribution in [3.8, 4) is 0 Å². The molecule has 7 heteroatoms. The number of benzene rings is 1. The topological polar surface area (TPSA) is 58.4 Å². The van der Waals surface area contributed by atoms with E-state index in [1.54, 1.807) is 17.5 Å². The molecular weight excluding hydrogens is 312 g/mol. The number of hydrogen-bond donors (Lipinski definition) is 0. The highest BCUT2D eigenvalue weighted by Crippen LogP contribution is 2.30. The molecule has 0 bridgehead atoms. The van der Waals surface area contributed by atoms with Crippen molar-refractivity contribution < 1.29 is 8.42 Å². The number of para-hydroxylation sites is 1. The molecule has 3 rings (SSSR count). The smallest absolute Gasteiger partial charge is 0.246 e. The monoisotopic (exact) mass is 334 g/mol. The van der Waals surface area contributed by atoms with Gasteiger partial charge < -0.3 is 4.90 Å². The normalized spacial score (nSPS) is 19.4. The lowest BCUT2D eigenvalue weighted by Gasteiger charge is -2.29. The van der Waals surface area contributed by atoms with Gasteiger partial charge in [-0.1, -0.05) is 25.1 Å². The van der Waals surface area contributed by atoms with E-state index in [4.69, 9.17) is 0 Å². The quantitative estimate of drug-likeness (QED) is 0.859. The number of rotatable bonds is 3. The molecule has 1 atom stereocenters. The van der Waals surface area contributed by atoms with Crippen LogP contribution in [0.25, 0.3) is 0 Å². The molecule has 0 saturated carbocycles. The fourth-order valence-corrected chi connectivity index (χ4v) is 4.75. The van der Waals surface area contributed by atoms with E-state index in [1.807, 2.05) is 38.2 Å². The summed E-state index contributed by atoms with van der Waals surface area (Å²) in [6.07, 6.45) is 3.74. The van der Waals surface area contributed by atoms with Crippen LogP contribution in [0.4, 0.5) is 5.69 Å². The lowest BCUT2D eigenvalue weighted by Crippen LogP contribution is -2.43. The maximum absolute atomic E-state index is 13.1. The van der Waals surface area contributed by atoms with Crippen molar-refractivity contribution in [1.82, 2.24) is 14.1 Å². The summed E-state index contributed by atoms with van der Waals surface area (Å²) in [6.45, 7) is 3.09. The molecule has 0 saturated heterocycles.